The van der Waals surface area contributed by atoms with Gasteiger partial charge in [-0.25, -0.2) is 4.98 Å². The van der Waals surface area contributed by atoms with Crippen LogP contribution in [0.2, 0.25) is 0 Å². The Bertz CT molecular complexity index is 909. The molecule has 0 bridgehead atoms. The van der Waals surface area contributed by atoms with Crippen LogP contribution in [-0.2, 0) is 0 Å². The van der Waals surface area contributed by atoms with E-state index in [-0.39, 0.29) is 5.91 Å². The lowest BCUT2D eigenvalue weighted by Crippen LogP contribution is -2.12. The molecule has 1 N–H and O–H groups in total. The molecule has 0 aliphatic heterocycles. The number of anilines is 1. The topological polar surface area (TPSA) is 46.9 Å². The molecule has 120 valence electrons. The molecule has 0 spiro atoms. The van der Waals surface area contributed by atoms with Crippen LogP contribution >= 0.6 is 0 Å². The maximum atomic E-state index is 12.5. The Balaban J connectivity index is 1.88. The predicted molar refractivity (Wildman–Crippen MR) is 95.6 cm³/mol. The Morgan fingerprint density at radius 3 is 2.58 bits per heavy atom. The maximum Gasteiger partial charge on any atom is 0.255 e. The van der Waals surface area contributed by atoms with E-state index in [1.807, 2.05) is 55.8 Å². The standard InChI is InChI=1S/C20H19N3O/c1-13-7-18(10-19(8-13)23-11-16(4)21-12-23)22-20(24)17-6-5-14(2)15(3)9-17/h3,5-12H,1-2,4H3,(H,22,24). The first-order chi connectivity index (χ1) is 11.4. The zero-order valence-corrected chi connectivity index (χ0v) is 14.0. The first-order valence-corrected chi connectivity index (χ1v) is 7.72. The maximum absolute atomic E-state index is 12.5. The Hall–Kier alpha value is -2.88. The number of nitrogens with one attached hydrogen (secondary N) is 1. The summed E-state index contributed by atoms with van der Waals surface area (Å²) in [6.45, 7) is 11.7. The molecule has 0 saturated carbocycles. The summed E-state index contributed by atoms with van der Waals surface area (Å²) in [6.07, 6.45) is 3.71. The van der Waals surface area contributed by atoms with Crippen LogP contribution in [0.3, 0.4) is 0 Å². The second kappa shape index (κ2) is 6.32. The summed E-state index contributed by atoms with van der Waals surface area (Å²) in [5.41, 5.74) is 5.80. The number of aryl methyl sites for hydroxylation is 3. The van der Waals surface area contributed by atoms with Crippen LogP contribution in [0.1, 0.15) is 32.7 Å². The molecule has 1 aromatic heterocycles. The summed E-state index contributed by atoms with van der Waals surface area (Å²) in [5.74, 6) is -0.180. The number of carbonyl (C=O) groups is 1. The second-order valence-electron chi connectivity index (χ2n) is 6.01. The third-order valence-electron chi connectivity index (χ3n) is 3.87. The Kier molecular flexibility index (Phi) is 4.21. The summed E-state index contributed by atoms with van der Waals surface area (Å²) in [5, 5.41) is 2.93. The van der Waals surface area contributed by atoms with Gasteiger partial charge >= 0.3 is 0 Å². The molecule has 1 amide bonds. The molecular weight excluding hydrogens is 298 g/mol. The Labute approximate surface area is 142 Å². The highest BCUT2D eigenvalue weighted by molar-refractivity contribution is 6.04. The van der Waals surface area contributed by atoms with Gasteiger partial charge in [-0.3, -0.25) is 4.79 Å². The molecule has 2 radical (unpaired) electrons. The molecule has 0 fully saturated rings. The van der Waals surface area contributed by atoms with Crippen LogP contribution in [0.4, 0.5) is 5.69 Å². The SMILES string of the molecule is [CH]c1cc(C(=O)Nc2cc(C)cc(-n3cnc(C)c3)c2)ccc1C. The lowest BCUT2D eigenvalue weighted by atomic mass is 10.1. The van der Waals surface area contributed by atoms with E-state index in [0.717, 1.165) is 28.2 Å². The van der Waals surface area contributed by atoms with Crippen molar-refractivity contribution in [3.8, 4) is 5.69 Å². The van der Waals surface area contributed by atoms with E-state index >= 15 is 0 Å². The molecule has 0 unspecified atom stereocenters. The van der Waals surface area contributed by atoms with E-state index in [2.05, 4.69) is 10.3 Å². The number of aromatic nitrogens is 2. The molecular formula is C20H19N3O. The number of amides is 1. The summed E-state index contributed by atoms with van der Waals surface area (Å²) in [7, 11) is 0. The van der Waals surface area contributed by atoms with Gasteiger partial charge in [-0.15, -0.1) is 0 Å². The van der Waals surface area contributed by atoms with E-state index in [0.29, 0.717) is 11.1 Å². The minimum atomic E-state index is -0.180. The minimum absolute atomic E-state index is 0.180. The fraction of sp³-hybridized carbons (Fsp3) is 0.150. The highest BCUT2D eigenvalue weighted by Gasteiger charge is 2.09. The fourth-order valence-electron chi connectivity index (χ4n) is 2.53. The number of rotatable bonds is 3. The van der Waals surface area contributed by atoms with Crippen molar-refractivity contribution in [3.05, 3.63) is 83.8 Å². The minimum Gasteiger partial charge on any atom is -0.322 e. The smallest absolute Gasteiger partial charge is 0.255 e. The van der Waals surface area contributed by atoms with Gasteiger partial charge in [0.15, 0.2) is 0 Å². The van der Waals surface area contributed by atoms with Crippen molar-refractivity contribution in [2.75, 3.05) is 5.32 Å². The van der Waals surface area contributed by atoms with Gasteiger partial charge in [-0.1, -0.05) is 6.07 Å². The van der Waals surface area contributed by atoms with Crippen molar-refractivity contribution in [1.29, 1.82) is 0 Å². The Morgan fingerprint density at radius 1 is 1.12 bits per heavy atom. The van der Waals surface area contributed by atoms with Crippen LogP contribution in [0.25, 0.3) is 5.69 Å². The molecule has 24 heavy (non-hydrogen) atoms. The number of nitrogens with zero attached hydrogens (tertiary/aromatic N) is 2. The van der Waals surface area contributed by atoms with Gasteiger partial charge in [0.05, 0.1) is 12.0 Å². The van der Waals surface area contributed by atoms with Gasteiger partial charge in [-0.05, 0) is 74.7 Å². The van der Waals surface area contributed by atoms with Gasteiger partial charge in [0.25, 0.3) is 5.91 Å². The Morgan fingerprint density at radius 2 is 1.92 bits per heavy atom. The average molecular weight is 317 g/mol. The highest BCUT2D eigenvalue weighted by atomic mass is 16.1. The number of benzene rings is 2. The molecule has 0 aliphatic rings. The number of hydrogen-bond donors (Lipinski definition) is 1. The number of hydrogen-bond acceptors (Lipinski definition) is 2. The third kappa shape index (κ3) is 3.38. The molecule has 3 aromatic rings. The van der Waals surface area contributed by atoms with E-state index in [9.17, 15) is 4.79 Å². The second-order valence-corrected chi connectivity index (χ2v) is 6.01. The number of carbonyl (C=O) groups excluding carboxylic acids is 1. The fourth-order valence-corrected chi connectivity index (χ4v) is 2.53. The van der Waals surface area contributed by atoms with Crippen molar-refractivity contribution in [3.63, 3.8) is 0 Å². The van der Waals surface area contributed by atoms with Gasteiger partial charge in [0, 0.05) is 23.1 Å². The zero-order chi connectivity index (χ0) is 17.3. The summed E-state index contributed by atoms with van der Waals surface area (Å²) < 4.78 is 1.93. The normalized spacial score (nSPS) is 10.7. The van der Waals surface area contributed by atoms with Crippen molar-refractivity contribution in [2.45, 2.75) is 20.8 Å². The average Bonchev–Trinajstić information content (AvgIpc) is 2.96. The monoisotopic (exact) mass is 317 g/mol. The predicted octanol–water partition coefficient (Wildman–Crippen LogP) is 4.11. The number of imidazole rings is 1. The highest BCUT2D eigenvalue weighted by Crippen LogP contribution is 2.19. The van der Waals surface area contributed by atoms with Crippen molar-refractivity contribution < 1.29 is 4.79 Å². The van der Waals surface area contributed by atoms with Gasteiger partial charge in [0.2, 0.25) is 0 Å². The molecule has 4 nitrogen and oxygen atoms in total. The van der Waals surface area contributed by atoms with Crippen molar-refractivity contribution >= 4 is 11.6 Å². The van der Waals surface area contributed by atoms with Crippen molar-refractivity contribution in [2.24, 2.45) is 0 Å². The molecule has 1 heterocycles. The summed E-state index contributed by atoms with van der Waals surface area (Å²) >= 11 is 0. The van der Waals surface area contributed by atoms with Crippen LogP contribution in [0.5, 0.6) is 0 Å². The molecule has 0 saturated heterocycles. The first-order valence-electron chi connectivity index (χ1n) is 7.72. The molecule has 0 aliphatic carbocycles. The first kappa shape index (κ1) is 16.0. The van der Waals surface area contributed by atoms with Crippen LogP contribution in [0.15, 0.2) is 48.9 Å². The van der Waals surface area contributed by atoms with Crippen molar-refractivity contribution in [1.82, 2.24) is 9.55 Å². The van der Waals surface area contributed by atoms with Gasteiger partial charge < -0.3 is 9.88 Å². The quantitative estimate of drug-likeness (QED) is 0.790. The zero-order valence-electron chi connectivity index (χ0n) is 14.0. The van der Waals surface area contributed by atoms with E-state index in [1.54, 1.807) is 18.5 Å². The summed E-state index contributed by atoms with van der Waals surface area (Å²) in [4.78, 5) is 16.7. The van der Waals surface area contributed by atoms with E-state index < -0.39 is 0 Å². The summed E-state index contributed by atoms with van der Waals surface area (Å²) in [6, 6.07) is 11.2. The van der Waals surface area contributed by atoms with E-state index in [4.69, 9.17) is 6.92 Å². The lowest BCUT2D eigenvalue weighted by molar-refractivity contribution is 0.102. The van der Waals surface area contributed by atoms with E-state index in [1.165, 1.54) is 0 Å². The molecule has 0 atom stereocenters. The largest absolute Gasteiger partial charge is 0.322 e. The van der Waals surface area contributed by atoms with Gasteiger partial charge in [-0.2, -0.15) is 0 Å². The van der Waals surface area contributed by atoms with Crippen LogP contribution in [0, 0.1) is 27.7 Å². The van der Waals surface area contributed by atoms with Gasteiger partial charge in [0.1, 0.15) is 0 Å². The molecule has 4 heteroatoms. The van der Waals surface area contributed by atoms with Crippen LogP contribution in [-0.4, -0.2) is 15.5 Å². The molecule has 3 rings (SSSR count). The lowest BCUT2D eigenvalue weighted by Gasteiger charge is -2.11. The third-order valence-corrected chi connectivity index (χ3v) is 3.87. The van der Waals surface area contributed by atoms with Crippen LogP contribution < -0.4 is 5.32 Å². The molecule has 2 aromatic carbocycles.